The molecule has 0 aliphatic carbocycles. The molecule has 3 aromatic rings. The van der Waals surface area contributed by atoms with Crippen LogP contribution in [0, 0.1) is 0 Å². The minimum absolute atomic E-state index is 0.337. The second-order valence-electron chi connectivity index (χ2n) is 5.53. The van der Waals surface area contributed by atoms with Gasteiger partial charge in [-0.1, -0.05) is 48.5 Å². The molecule has 0 atom stereocenters. The molecule has 0 aliphatic heterocycles. The van der Waals surface area contributed by atoms with E-state index in [9.17, 15) is 4.79 Å². The maximum absolute atomic E-state index is 11.6. The largest absolute Gasteiger partial charge is 0.471 e. The Morgan fingerprint density at radius 2 is 1.77 bits per heavy atom. The van der Waals surface area contributed by atoms with E-state index in [4.69, 9.17) is 9.47 Å². The SMILES string of the molecule is CCOC(=O)C=Cc1cn(-c2ccccc2)nc1OCc1ccccc1. The smallest absolute Gasteiger partial charge is 0.330 e. The molecule has 0 amide bonds. The van der Waals surface area contributed by atoms with Crippen LogP contribution in [0.1, 0.15) is 18.1 Å². The van der Waals surface area contributed by atoms with Gasteiger partial charge in [0, 0.05) is 12.3 Å². The summed E-state index contributed by atoms with van der Waals surface area (Å²) in [4.78, 5) is 11.6. The van der Waals surface area contributed by atoms with Gasteiger partial charge in [0.1, 0.15) is 6.61 Å². The van der Waals surface area contributed by atoms with Gasteiger partial charge in [0.2, 0.25) is 5.88 Å². The Balaban J connectivity index is 1.84. The zero-order chi connectivity index (χ0) is 18.2. The number of hydrogen-bond donors (Lipinski definition) is 0. The van der Waals surface area contributed by atoms with E-state index in [2.05, 4.69) is 5.10 Å². The first-order valence-electron chi connectivity index (χ1n) is 8.43. The van der Waals surface area contributed by atoms with E-state index in [1.54, 1.807) is 17.7 Å². The molecule has 0 saturated carbocycles. The van der Waals surface area contributed by atoms with Gasteiger partial charge in [0.15, 0.2) is 0 Å². The standard InChI is InChI=1S/C21H20N2O3/c1-2-25-20(24)14-13-18-15-23(19-11-7-4-8-12-19)22-21(18)26-16-17-9-5-3-6-10-17/h3-15H,2,16H2,1H3. The van der Waals surface area contributed by atoms with E-state index in [1.807, 2.05) is 66.9 Å². The number of esters is 1. The van der Waals surface area contributed by atoms with Crippen molar-refractivity contribution in [2.45, 2.75) is 13.5 Å². The summed E-state index contributed by atoms with van der Waals surface area (Å²) in [5, 5.41) is 4.51. The second kappa shape index (κ2) is 8.67. The van der Waals surface area contributed by atoms with Gasteiger partial charge >= 0.3 is 5.97 Å². The number of aromatic nitrogens is 2. The summed E-state index contributed by atoms with van der Waals surface area (Å²) in [7, 11) is 0. The lowest BCUT2D eigenvalue weighted by Gasteiger charge is -2.04. The molecule has 1 aromatic heterocycles. The zero-order valence-electron chi connectivity index (χ0n) is 14.5. The van der Waals surface area contributed by atoms with Crippen LogP contribution in [-0.2, 0) is 16.1 Å². The molecule has 5 heteroatoms. The van der Waals surface area contributed by atoms with Crippen LogP contribution < -0.4 is 4.74 Å². The number of nitrogens with zero attached hydrogens (tertiary/aromatic N) is 2. The summed E-state index contributed by atoms with van der Waals surface area (Å²) in [6, 6.07) is 19.6. The topological polar surface area (TPSA) is 53.4 Å². The maximum atomic E-state index is 11.6. The van der Waals surface area contributed by atoms with Crippen LogP contribution in [0.4, 0.5) is 0 Å². The molecule has 5 nitrogen and oxygen atoms in total. The van der Waals surface area contributed by atoms with Gasteiger partial charge in [-0.2, -0.15) is 0 Å². The van der Waals surface area contributed by atoms with Gasteiger partial charge in [-0.05, 0) is 30.7 Å². The quantitative estimate of drug-likeness (QED) is 0.478. The molecule has 0 radical (unpaired) electrons. The van der Waals surface area contributed by atoms with Crippen LogP contribution in [0.2, 0.25) is 0 Å². The minimum atomic E-state index is -0.394. The summed E-state index contributed by atoms with van der Waals surface area (Å²) in [5.41, 5.74) is 2.66. The third-order valence-corrected chi connectivity index (χ3v) is 3.63. The number of para-hydroxylation sites is 1. The molecule has 2 aromatic carbocycles. The van der Waals surface area contributed by atoms with Crippen LogP contribution in [0.15, 0.2) is 72.9 Å². The van der Waals surface area contributed by atoms with Crippen molar-refractivity contribution in [3.63, 3.8) is 0 Å². The van der Waals surface area contributed by atoms with Crippen LogP contribution in [-0.4, -0.2) is 22.4 Å². The average Bonchev–Trinajstić information content (AvgIpc) is 3.10. The highest BCUT2D eigenvalue weighted by molar-refractivity contribution is 5.87. The Morgan fingerprint density at radius 1 is 1.08 bits per heavy atom. The molecule has 0 saturated heterocycles. The van der Waals surface area contributed by atoms with Crippen molar-refractivity contribution in [3.8, 4) is 11.6 Å². The van der Waals surface area contributed by atoms with Gasteiger partial charge in [0.25, 0.3) is 0 Å². The molecular weight excluding hydrogens is 328 g/mol. The average molecular weight is 348 g/mol. The second-order valence-corrected chi connectivity index (χ2v) is 5.53. The summed E-state index contributed by atoms with van der Waals surface area (Å²) in [6.07, 6.45) is 4.86. The number of rotatable bonds is 7. The molecule has 1 heterocycles. The highest BCUT2D eigenvalue weighted by Crippen LogP contribution is 2.21. The Hall–Kier alpha value is -3.34. The lowest BCUT2D eigenvalue weighted by atomic mass is 10.2. The van der Waals surface area contributed by atoms with E-state index in [-0.39, 0.29) is 0 Å². The van der Waals surface area contributed by atoms with E-state index in [0.717, 1.165) is 11.3 Å². The van der Waals surface area contributed by atoms with Crippen LogP contribution in [0.5, 0.6) is 5.88 Å². The van der Waals surface area contributed by atoms with E-state index < -0.39 is 5.97 Å². The Kier molecular flexibility index (Phi) is 5.83. The third kappa shape index (κ3) is 4.60. The van der Waals surface area contributed by atoms with Crippen molar-refractivity contribution in [2.24, 2.45) is 0 Å². The summed E-state index contributed by atoms with van der Waals surface area (Å²) in [6.45, 7) is 2.50. The van der Waals surface area contributed by atoms with Crippen molar-refractivity contribution in [3.05, 3.63) is 84.1 Å². The monoisotopic (exact) mass is 348 g/mol. The lowest BCUT2D eigenvalue weighted by Crippen LogP contribution is -1.99. The molecule has 26 heavy (non-hydrogen) atoms. The highest BCUT2D eigenvalue weighted by Gasteiger charge is 2.10. The molecule has 0 bridgehead atoms. The number of hydrogen-bond acceptors (Lipinski definition) is 4. The Labute approximate surface area is 152 Å². The first-order chi connectivity index (χ1) is 12.8. The summed E-state index contributed by atoms with van der Waals surface area (Å²) in [5.74, 6) is 0.0622. The summed E-state index contributed by atoms with van der Waals surface area (Å²) < 4.78 is 12.5. The molecule has 0 spiro atoms. The number of benzene rings is 2. The molecule has 0 aliphatic rings. The van der Waals surface area contributed by atoms with Gasteiger partial charge in [-0.15, -0.1) is 5.10 Å². The number of carbonyl (C=O) groups excluding carboxylic acids is 1. The number of carbonyl (C=O) groups is 1. The highest BCUT2D eigenvalue weighted by atomic mass is 16.5. The molecular formula is C21H20N2O3. The van der Waals surface area contributed by atoms with Crippen molar-refractivity contribution < 1.29 is 14.3 Å². The van der Waals surface area contributed by atoms with Gasteiger partial charge in [-0.25, -0.2) is 9.48 Å². The van der Waals surface area contributed by atoms with Crippen molar-refractivity contribution in [1.29, 1.82) is 0 Å². The van der Waals surface area contributed by atoms with Crippen molar-refractivity contribution >= 4 is 12.0 Å². The molecule has 132 valence electrons. The lowest BCUT2D eigenvalue weighted by molar-refractivity contribution is -0.137. The zero-order valence-corrected chi connectivity index (χ0v) is 14.5. The Morgan fingerprint density at radius 3 is 2.46 bits per heavy atom. The molecule has 0 unspecified atom stereocenters. The van der Waals surface area contributed by atoms with E-state index in [0.29, 0.717) is 24.7 Å². The maximum Gasteiger partial charge on any atom is 0.330 e. The van der Waals surface area contributed by atoms with Crippen LogP contribution in [0.3, 0.4) is 0 Å². The molecule has 0 N–H and O–H groups in total. The Bertz CT molecular complexity index is 871. The van der Waals surface area contributed by atoms with Crippen molar-refractivity contribution in [1.82, 2.24) is 9.78 Å². The van der Waals surface area contributed by atoms with Crippen molar-refractivity contribution in [2.75, 3.05) is 6.61 Å². The van der Waals surface area contributed by atoms with Gasteiger partial charge in [-0.3, -0.25) is 0 Å². The molecule has 0 fully saturated rings. The predicted molar refractivity (Wildman–Crippen MR) is 100 cm³/mol. The fourth-order valence-corrected chi connectivity index (χ4v) is 2.39. The fraction of sp³-hybridized carbons (Fsp3) is 0.143. The van der Waals surface area contributed by atoms with E-state index in [1.165, 1.54) is 6.08 Å². The fourth-order valence-electron chi connectivity index (χ4n) is 2.39. The summed E-state index contributed by atoms with van der Waals surface area (Å²) >= 11 is 0. The van der Waals surface area contributed by atoms with Gasteiger partial charge < -0.3 is 9.47 Å². The normalized spacial score (nSPS) is 10.8. The third-order valence-electron chi connectivity index (χ3n) is 3.63. The number of ether oxygens (including phenoxy) is 2. The first-order valence-corrected chi connectivity index (χ1v) is 8.43. The van der Waals surface area contributed by atoms with E-state index >= 15 is 0 Å². The van der Waals surface area contributed by atoms with Crippen LogP contribution in [0.25, 0.3) is 11.8 Å². The first kappa shape index (κ1) is 17.5. The molecule has 3 rings (SSSR count). The predicted octanol–water partition coefficient (Wildman–Crippen LogP) is 4.03. The van der Waals surface area contributed by atoms with Gasteiger partial charge in [0.05, 0.1) is 17.9 Å². The minimum Gasteiger partial charge on any atom is -0.471 e. The van der Waals surface area contributed by atoms with Crippen LogP contribution >= 0.6 is 0 Å².